The van der Waals surface area contributed by atoms with E-state index < -0.39 is 0 Å². The van der Waals surface area contributed by atoms with Crippen LogP contribution in [0.15, 0.2) is 18.2 Å². The van der Waals surface area contributed by atoms with Crippen molar-refractivity contribution in [3.8, 4) is 5.75 Å². The number of rotatable bonds is 4. The number of carbonyl (C=O) groups excluding carboxylic acids is 2. The van der Waals surface area contributed by atoms with E-state index in [4.69, 9.17) is 9.47 Å². The maximum Gasteiger partial charge on any atom is 0.254 e. The van der Waals surface area contributed by atoms with Crippen molar-refractivity contribution in [3.05, 3.63) is 23.8 Å². The van der Waals surface area contributed by atoms with E-state index in [1.54, 1.807) is 30.2 Å². The fourth-order valence-corrected chi connectivity index (χ4v) is 4.68. The number of fused-ring (bicyclic) bond motifs is 2. The molecule has 0 spiro atoms. The van der Waals surface area contributed by atoms with E-state index in [0.717, 1.165) is 12.8 Å². The molecule has 2 saturated carbocycles. The van der Waals surface area contributed by atoms with Gasteiger partial charge in [-0.25, -0.2) is 0 Å². The minimum atomic E-state index is -0.0358. The van der Waals surface area contributed by atoms with Crippen LogP contribution in [0.25, 0.3) is 0 Å². The second-order valence-corrected chi connectivity index (χ2v) is 7.59. The summed E-state index contributed by atoms with van der Waals surface area (Å²) in [7, 11) is 1.58. The summed E-state index contributed by atoms with van der Waals surface area (Å²) in [5.41, 5.74) is 1.15. The van der Waals surface area contributed by atoms with Gasteiger partial charge >= 0.3 is 0 Å². The van der Waals surface area contributed by atoms with Crippen LogP contribution in [0.2, 0.25) is 0 Å². The molecule has 4 rings (SSSR count). The van der Waals surface area contributed by atoms with Gasteiger partial charge in [-0.3, -0.25) is 9.59 Å². The molecule has 0 radical (unpaired) electrons. The molecular weight excluding hydrogens is 332 g/mol. The lowest BCUT2D eigenvalue weighted by atomic mass is 9.88. The Balaban J connectivity index is 1.50. The van der Waals surface area contributed by atoms with E-state index in [9.17, 15) is 9.59 Å². The molecule has 2 aliphatic carbocycles. The van der Waals surface area contributed by atoms with Crippen molar-refractivity contribution in [2.75, 3.05) is 38.7 Å². The quantitative estimate of drug-likeness (QED) is 0.898. The summed E-state index contributed by atoms with van der Waals surface area (Å²) in [6.45, 7) is 2.32. The number of nitrogens with one attached hydrogen (secondary N) is 1. The van der Waals surface area contributed by atoms with Gasteiger partial charge in [0.2, 0.25) is 5.91 Å². The summed E-state index contributed by atoms with van der Waals surface area (Å²) in [4.78, 5) is 27.3. The molecule has 26 heavy (non-hydrogen) atoms. The number of methoxy groups -OCH3 is 1. The van der Waals surface area contributed by atoms with Crippen LogP contribution in [-0.4, -0.2) is 50.1 Å². The molecule has 140 valence electrons. The van der Waals surface area contributed by atoms with Crippen LogP contribution in [0.5, 0.6) is 5.75 Å². The Morgan fingerprint density at radius 1 is 1.19 bits per heavy atom. The normalized spacial score (nSPS) is 27.4. The summed E-state index contributed by atoms with van der Waals surface area (Å²) < 4.78 is 10.7. The van der Waals surface area contributed by atoms with Gasteiger partial charge in [0.15, 0.2) is 0 Å². The topological polar surface area (TPSA) is 67.9 Å². The van der Waals surface area contributed by atoms with Crippen molar-refractivity contribution in [1.82, 2.24) is 4.90 Å². The van der Waals surface area contributed by atoms with Crippen molar-refractivity contribution >= 4 is 17.5 Å². The molecular formula is C20H26N2O4. The van der Waals surface area contributed by atoms with Gasteiger partial charge in [-0.05, 0) is 49.3 Å². The molecule has 1 aliphatic heterocycles. The van der Waals surface area contributed by atoms with E-state index in [1.165, 1.54) is 12.8 Å². The number of ether oxygens (including phenoxy) is 2. The highest BCUT2D eigenvalue weighted by molar-refractivity contribution is 5.99. The smallest absolute Gasteiger partial charge is 0.254 e. The molecule has 0 aromatic heterocycles. The van der Waals surface area contributed by atoms with Gasteiger partial charge in [0.1, 0.15) is 5.75 Å². The summed E-state index contributed by atoms with van der Waals surface area (Å²) in [6, 6.07) is 5.25. The van der Waals surface area contributed by atoms with E-state index in [2.05, 4.69) is 5.32 Å². The largest absolute Gasteiger partial charge is 0.495 e. The number of hydrogen-bond acceptors (Lipinski definition) is 4. The average molecular weight is 358 g/mol. The van der Waals surface area contributed by atoms with E-state index in [1.807, 2.05) is 0 Å². The highest BCUT2D eigenvalue weighted by atomic mass is 16.5. The Morgan fingerprint density at radius 3 is 2.65 bits per heavy atom. The van der Waals surface area contributed by atoms with Crippen molar-refractivity contribution in [2.45, 2.75) is 25.7 Å². The Hall–Kier alpha value is -2.08. The molecule has 3 fully saturated rings. The van der Waals surface area contributed by atoms with Gasteiger partial charge in [0.05, 0.1) is 26.0 Å². The van der Waals surface area contributed by atoms with Crippen LogP contribution in [-0.2, 0) is 9.53 Å². The Morgan fingerprint density at radius 2 is 2.00 bits per heavy atom. The van der Waals surface area contributed by atoms with E-state index >= 15 is 0 Å². The zero-order chi connectivity index (χ0) is 18.1. The van der Waals surface area contributed by atoms with E-state index in [-0.39, 0.29) is 17.7 Å². The fraction of sp³-hybridized carbons (Fsp3) is 0.600. The number of morpholine rings is 1. The molecule has 1 saturated heterocycles. The molecule has 1 N–H and O–H groups in total. The molecule has 6 heteroatoms. The number of amides is 2. The molecule has 3 aliphatic rings. The summed E-state index contributed by atoms with van der Waals surface area (Å²) >= 11 is 0. The summed E-state index contributed by atoms with van der Waals surface area (Å²) in [5.74, 6) is 1.94. The maximum atomic E-state index is 12.8. The third-order valence-electron chi connectivity index (χ3n) is 6.08. The fourth-order valence-electron chi connectivity index (χ4n) is 4.68. The Labute approximate surface area is 153 Å². The monoisotopic (exact) mass is 358 g/mol. The second kappa shape index (κ2) is 7.27. The first kappa shape index (κ1) is 17.3. The lowest BCUT2D eigenvalue weighted by Gasteiger charge is -2.27. The number of anilines is 1. The molecule has 2 bridgehead atoms. The predicted molar refractivity (Wildman–Crippen MR) is 97.3 cm³/mol. The van der Waals surface area contributed by atoms with Gasteiger partial charge in [0.25, 0.3) is 5.91 Å². The van der Waals surface area contributed by atoms with Crippen LogP contribution in [0, 0.1) is 17.8 Å². The second-order valence-electron chi connectivity index (χ2n) is 7.59. The zero-order valence-corrected chi connectivity index (χ0v) is 15.2. The van der Waals surface area contributed by atoms with Crippen LogP contribution in [0.4, 0.5) is 5.69 Å². The average Bonchev–Trinajstić information content (AvgIpc) is 3.31. The Kier molecular flexibility index (Phi) is 4.85. The van der Waals surface area contributed by atoms with Crippen molar-refractivity contribution in [2.24, 2.45) is 17.8 Å². The Bertz CT molecular complexity index is 699. The standard InChI is InChI=1S/C20H26N2O4/c1-25-18-5-4-15(20(24)22-6-8-26-9-7-22)12-17(18)21-19(23)16-11-13-2-3-14(16)10-13/h4-5,12-14,16H,2-3,6-11H2,1H3,(H,21,23). The first-order valence-corrected chi connectivity index (χ1v) is 9.51. The third kappa shape index (κ3) is 3.30. The highest BCUT2D eigenvalue weighted by Gasteiger charge is 2.43. The van der Waals surface area contributed by atoms with Crippen molar-refractivity contribution in [3.63, 3.8) is 0 Å². The summed E-state index contributed by atoms with van der Waals surface area (Å²) in [6.07, 6.45) is 4.60. The molecule has 1 aromatic carbocycles. The minimum absolute atomic E-state index is 0.0358. The molecule has 3 atom stereocenters. The third-order valence-corrected chi connectivity index (χ3v) is 6.08. The SMILES string of the molecule is COc1ccc(C(=O)N2CCOCC2)cc1NC(=O)C1CC2CCC1C2. The van der Waals surface area contributed by atoms with Crippen LogP contribution < -0.4 is 10.1 Å². The van der Waals surface area contributed by atoms with Gasteiger partial charge in [-0.1, -0.05) is 6.42 Å². The number of nitrogens with zero attached hydrogens (tertiary/aromatic N) is 1. The van der Waals surface area contributed by atoms with Crippen molar-refractivity contribution < 1.29 is 19.1 Å². The lowest BCUT2D eigenvalue weighted by Crippen LogP contribution is -2.40. The predicted octanol–water partition coefficient (Wildman–Crippen LogP) is 2.54. The number of benzene rings is 1. The number of carbonyl (C=O) groups is 2. The number of hydrogen-bond donors (Lipinski definition) is 1. The van der Waals surface area contributed by atoms with Gasteiger partial charge < -0.3 is 19.7 Å². The van der Waals surface area contributed by atoms with Gasteiger partial charge in [-0.2, -0.15) is 0 Å². The minimum Gasteiger partial charge on any atom is -0.495 e. The molecule has 2 amide bonds. The lowest BCUT2D eigenvalue weighted by molar-refractivity contribution is -0.121. The van der Waals surface area contributed by atoms with Gasteiger partial charge in [0, 0.05) is 24.6 Å². The molecule has 1 heterocycles. The highest BCUT2D eigenvalue weighted by Crippen LogP contribution is 2.48. The maximum absolute atomic E-state index is 12.8. The van der Waals surface area contributed by atoms with E-state index in [0.29, 0.717) is 55.1 Å². The molecule has 6 nitrogen and oxygen atoms in total. The first-order valence-electron chi connectivity index (χ1n) is 9.51. The molecule has 3 unspecified atom stereocenters. The zero-order valence-electron chi connectivity index (χ0n) is 15.2. The molecule has 1 aromatic rings. The summed E-state index contributed by atoms with van der Waals surface area (Å²) in [5, 5.41) is 3.03. The van der Waals surface area contributed by atoms with Crippen molar-refractivity contribution in [1.29, 1.82) is 0 Å². The van der Waals surface area contributed by atoms with Gasteiger partial charge in [-0.15, -0.1) is 0 Å². The van der Waals surface area contributed by atoms with Crippen LogP contribution >= 0.6 is 0 Å². The first-order chi connectivity index (χ1) is 12.7. The van der Waals surface area contributed by atoms with Crippen LogP contribution in [0.3, 0.4) is 0 Å². The van der Waals surface area contributed by atoms with Crippen LogP contribution in [0.1, 0.15) is 36.0 Å².